The second kappa shape index (κ2) is 10.5. The molecule has 2 aliphatic rings. The van der Waals surface area contributed by atoms with Crippen molar-refractivity contribution in [2.45, 2.75) is 18.9 Å². The monoisotopic (exact) mass is 540 g/mol. The number of carbonyl (C=O) groups excluding carboxylic acids is 2. The summed E-state index contributed by atoms with van der Waals surface area (Å²) in [5.41, 5.74) is 1.91. The van der Waals surface area contributed by atoms with Crippen LogP contribution in [0.1, 0.15) is 33.6 Å². The Morgan fingerprint density at radius 1 is 1.08 bits per heavy atom. The number of aromatic nitrogens is 2. The van der Waals surface area contributed by atoms with Crippen LogP contribution in [0, 0.1) is 0 Å². The van der Waals surface area contributed by atoms with Crippen molar-refractivity contribution in [3.63, 3.8) is 0 Å². The zero-order valence-corrected chi connectivity index (χ0v) is 22.0. The number of benzene rings is 2. The van der Waals surface area contributed by atoms with Crippen LogP contribution >= 0.6 is 23.2 Å². The lowest BCUT2D eigenvalue weighted by Gasteiger charge is -2.35. The summed E-state index contributed by atoms with van der Waals surface area (Å²) in [4.78, 5) is 40.1. The number of fused-ring (bicyclic) bond motifs is 1. The van der Waals surface area contributed by atoms with Gasteiger partial charge in [0, 0.05) is 36.6 Å². The number of rotatable bonds is 5. The van der Waals surface area contributed by atoms with Crippen molar-refractivity contribution < 1.29 is 14.3 Å². The summed E-state index contributed by atoms with van der Waals surface area (Å²) in [6.45, 7) is 1.42. The average molecular weight is 541 g/mol. The number of piperidine rings is 1. The first-order valence-corrected chi connectivity index (χ1v) is 12.7. The molecule has 1 aromatic heterocycles. The number of carbonyl (C=O) groups is 2. The van der Waals surface area contributed by atoms with Crippen molar-refractivity contribution in [1.82, 2.24) is 19.8 Å². The third-order valence-electron chi connectivity index (χ3n) is 6.64. The summed E-state index contributed by atoms with van der Waals surface area (Å²) in [6, 6.07) is 12.7. The summed E-state index contributed by atoms with van der Waals surface area (Å²) < 4.78 is 5.73. The van der Waals surface area contributed by atoms with Crippen LogP contribution < -0.4 is 15.0 Å². The zero-order chi connectivity index (χ0) is 26.1. The van der Waals surface area contributed by atoms with Crippen molar-refractivity contribution in [2.75, 3.05) is 44.1 Å². The van der Waals surface area contributed by atoms with E-state index in [9.17, 15) is 9.59 Å². The van der Waals surface area contributed by atoms with Crippen LogP contribution in [-0.4, -0.2) is 71.5 Å². The number of para-hydroxylation sites is 1. The van der Waals surface area contributed by atoms with Crippen molar-refractivity contribution in [3.05, 3.63) is 69.8 Å². The largest absolute Gasteiger partial charge is 0.455 e. The number of ether oxygens (including phenoxy) is 1. The highest BCUT2D eigenvalue weighted by Crippen LogP contribution is 2.37. The van der Waals surface area contributed by atoms with E-state index in [1.165, 1.54) is 11.1 Å². The Hall–Kier alpha value is -3.40. The molecular weight excluding hydrogens is 515 g/mol. The summed E-state index contributed by atoms with van der Waals surface area (Å²) >= 11 is 12.5. The first kappa shape index (κ1) is 25.3. The van der Waals surface area contributed by atoms with Gasteiger partial charge < -0.3 is 19.9 Å². The molecule has 9 nitrogen and oxygen atoms in total. The lowest BCUT2D eigenvalue weighted by molar-refractivity contribution is 0.0663. The van der Waals surface area contributed by atoms with Gasteiger partial charge in [-0.15, -0.1) is 0 Å². The van der Waals surface area contributed by atoms with E-state index in [2.05, 4.69) is 34.3 Å². The van der Waals surface area contributed by atoms with Crippen molar-refractivity contribution in [2.24, 2.45) is 0 Å². The summed E-state index contributed by atoms with van der Waals surface area (Å²) in [5.74, 6) is 0.0969. The normalized spacial score (nSPS) is 16.0. The van der Waals surface area contributed by atoms with Gasteiger partial charge in [0.05, 0.1) is 15.7 Å². The molecule has 1 fully saturated rings. The molecule has 11 heteroatoms. The molecule has 0 bridgehead atoms. The topological polar surface area (TPSA) is 90.9 Å². The van der Waals surface area contributed by atoms with E-state index in [1.54, 1.807) is 42.5 Å². The molecule has 0 radical (unpaired) electrons. The Balaban J connectivity index is 1.25. The predicted octanol–water partition coefficient (Wildman–Crippen LogP) is 4.69. The maximum atomic E-state index is 13.1. The van der Waals surface area contributed by atoms with E-state index in [0.29, 0.717) is 33.0 Å². The number of nitrogens with zero attached hydrogens (tertiary/aromatic N) is 5. The van der Waals surface area contributed by atoms with Gasteiger partial charge in [-0.2, -0.15) is 4.98 Å². The van der Waals surface area contributed by atoms with Gasteiger partial charge in [-0.1, -0.05) is 29.3 Å². The van der Waals surface area contributed by atoms with Crippen LogP contribution in [0.2, 0.25) is 10.0 Å². The Bertz CT molecular complexity index is 1310. The van der Waals surface area contributed by atoms with E-state index >= 15 is 0 Å². The van der Waals surface area contributed by atoms with Gasteiger partial charge in [-0.05, 0) is 63.3 Å². The fourth-order valence-corrected chi connectivity index (χ4v) is 5.12. The number of hydrogen-bond acceptors (Lipinski definition) is 7. The molecule has 0 atom stereocenters. The van der Waals surface area contributed by atoms with Gasteiger partial charge in [-0.25, -0.2) is 4.98 Å². The molecule has 37 heavy (non-hydrogen) atoms. The second-order valence-corrected chi connectivity index (χ2v) is 9.99. The Morgan fingerprint density at radius 3 is 2.41 bits per heavy atom. The molecular formula is C26H26Cl2N6O3. The van der Waals surface area contributed by atoms with Gasteiger partial charge in [-0.3, -0.25) is 14.5 Å². The van der Waals surface area contributed by atoms with Gasteiger partial charge in [0.25, 0.3) is 11.8 Å². The number of hydrogen-bond donors (Lipinski definition) is 1. The van der Waals surface area contributed by atoms with Crippen molar-refractivity contribution in [3.8, 4) is 5.88 Å². The average Bonchev–Trinajstić information content (AvgIpc) is 2.90. The zero-order valence-electron chi connectivity index (χ0n) is 20.4. The van der Waals surface area contributed by atoms with Crippen LogP contribution in [-0.2, 0) is 0 Å². The van der Waals surface area contributed by atoms with E-state index in [1.807, 2.05) is 4.90 Å². The second-order valence-electron chi connectivity index (χ2n) is 9.18. The van der Waals surface area contributed by atoms with Gasteiger partial charge in [0.1, 0.15) is 5.56 Å². The highest BCUT2D eigenvalue weighted by Gasteiger charge is 2.31. The van der Waals surface area contributed by atoms with E-state index < -0.39 is 0 Å². The maximum Gasteiger partial charge on any atom is 0.268 e. The van der Waals surface area contributed by atoms with Gasteiger partial charge in [0.15, 0.2) is 6.73 Å². The highest BCUT2D eigenvalue weighted by atomic mass is 35.5. The van der Waals surface area contributed by atoms with Crippen molar-refractivity contribution >= 4 is 52.3 Å². The minimum absolute atomic E-state index is 0.0314. The number of amides is 2. The Labute approximate surface area is 224 Å². The molecule has 2 amide bonds. The van der Waals surface area contributed by atoms with Crippen LogP contribution in [0.3, 0.4) is 0 Å². The molecule has 3 heterocycles. The van der Waals surface area contributed by atoms with Gasteiger partial charge in [0.2, 0.25) is 11.8 Å². The lowest BCUT2D eigenvalue weighted by atomic mass is 10.0. The summed E-state index contributed by atoms with van der Waals surface area (Å²) in [7, 11) is 4.16. The van der Waals surface area contributed by atoms with E-state index in [4.69, 9.17) is 27.9 Å². The SMILES string of the molecule is CN(C)C1CCN(C(=O)c2ccc(Nc3ncc4c(n3)OCN(c3c(Cl)cccc3Cl)C4=O)cc2)CC1. The first-order chi connectivity index (χ1) is 17.8. The maximum absolute atomic E-state index is 13.1. The number of nitrogens with one attached hydrogen (secondary N) is 1. The predicted molar refractivity (Wildman–Crippen MR) is 143 cm³/mol. The van der Waals surface area contributed by atoms with E-state index in [0.717, 1.165) is 25.9 Å². The van der Waals surface area contributed by atoms with Crippen LogP contribution in [0.4, 0.5) is 17.3 Å². The third-order valence-corrected chi connectivity index (χ3v) is 7.25. The molecule has 1 saturated heterocycles. The lowest BCUT2D eigenvalue weighted by Crippen LogP contribution is -2.44. The molecule has 0 saturated carbocycles. The molecule has 192 valence electrons. The summed E-state index contributed by atoms with van der Waals surface area (Å²) in [6.07, 6.45) is 3.35. The molecule has 2 aliphatic heterocycles. The first-order valence-electron chi connectivity index (χ1n) is 11.9. The minimum atomic E-state index is -0.361. The van der Waals surface area contributed by atoms with Crippen molar-refractivity contribution in [1.29, 1.82) is 0 Å². The molecule has 0 spiro atoms. The Morgan fingerprint density at radius 2 is 1.76 bits per heavy atom. The van der Waals surface area contributed by atoms with Gasteiger partial charge >= 0.3 is 0 Å². The molecule has 0 aliphatic carbocycles. The molecule has 0 unspecified atom stereocenters. The molecule has 3 aromatic rings. The number of anilines is 3. The standard InChI is InChI=1S/C26H26Cl2N6O3/c1-32(2)18-10-12-33(13-11-18)24(35)16-6-8-17(9-7-16)30-26-29-14-19-23(31-26)37-15-34(25(19)36)22-20(27)4-3-5-21(22)28/h3-9,14,18H,10-13,15H2,1-2H3,(H,29,30,31). The fraction of sp³-hybridized carbons (Fsp3) is 0.308. The quantitative estimate of drug-likeness (QED) is 0.501. The smallest absolute Gasteiger partial charge is 0.268 e. The van der Waals surface area contributed by atoms with Crippen LogP contribution in [0.5, 0.6) is 5.88 Å². The van der Waals surface area contributed by atoms with Crippen LogP contribution in [0.25, 0.3) is 0 Å². The Kier molecular flexibility index (Phi) is 7.19. The molecule has 5 rings (SSSR count). The summed E-state index contributed by atoms with van der Waals surface area (Å²) in [5, 5.41) is 3.77. The molecule has 2 aromatic carbocycles. The minimum Gasteiger partial charge on any atom is -0.455 e. The number of likely N-dealkylation sites (tertiary alicyclic amines) is 1. The molecule has 1 N–H and O–H groups in total. The van der Waals surface area contributed by atoms with Crippen LogP contribution in [0.15, 0.2) is 48.7 Å². The third kappa shape index (κ3) is 5.20. The highest BCUT2D eigenvalue weighted by molar-refractivity contribution is 6.40. The fourth-order valence-electron chi connectivity index (χ4n) is 4.52. The number of halogens is 2. The van der Waals surface area contributed by atoms with E-state index in [-0.39, 0.29) is 35.9 Å².